The summed E-state index contributed by atoms with van der Waals surface area (Å²) >= 11 is 0. The van der Waals surface area contributed by atoms with Gasteiger partial charge < -0.3 is 4.90 Å². The van der Waals surface area contributed by atoms with Crippen molar-refractivity contribution in [1.82, 2.24) is 4.90 Å². The highest BCUT2D eigenvalue weighted by atomic mass is 15.2. The minimum absolute atomic E-state index is 1.36. The van der Waals surface area contributed by atoms with Crippen molar-refractivity contribution in [3.8, 4) is 0 Å². The maximum Gasteiger partial charge on any atom is -0.000654 e. The first-order chi connectivity index (χ1) is 5.43. The Bertz CT molecular complexity index is 67.3. The summed E-state index contributed by atoms with van der Waals surface area (Å²) in [6, 6.07) is 0. The number of hydrogen-bond donors (Lipinski definition) is 0. The smallest absolute Gasteiger partial charge is 0.000654 e. The van der Waals surface area contributed by atoms with E-state index in [9.17, 15) is 0 Å². The summed E-state index contributed by atoms with van der Waals surface area (Å²) in [6.45, 7) is 10.3. The molecule has 0 radical (unpaired) electrons. The second kappa shape index (κ2) is 8.06. The van der Waals surface area contributed by atoms with Gasteiger partial charge in [0.05, 0.1) is 0 Å². The van der Waals surface area contributed by atoms with Crippen molar-refractivity contribution in [2.45, 2.75) is 46.5 Å². The average molecular weight is 157 g/mol. The highest BCUT2D eigenvalue weighted by Crippen LogP contribution is 2.07. The summed E-state index contributed by atoms with van der Waals surface area (Å²) < 4.78 is 0. The summed E-state index contributed by atoms with van der Waals surface area (Å²) in [6.07, 6.45) is 5.62. The van der Waals surface area contributed by atoms with E-state index in [0.717, 1.165) is 0 Å². The molecule has 0 N–H and O–H groups in total. The Balaban J connectivity index is 0.000000461. The molecule has 1 aliphatic heterocycles. The summed E-state index contributed by atoms with van der Waals surface area (Å²) in [7, 11) is 0. The molecule has 1 aliphatic rings. The molecule has 68 valence electrons. The van der Waals surface area contributed by atoms with Crippen LogP contribution in [0.25, 0.3) is 0 Å². The van der Waals surface area contributed by atoms with Crippen molar-refractivity contribution < 1.29 is 0 Å². The highest BCUT2D eigenvalue weighted by Gasteiger charge is 2.11. The van der Waals surface area contributed by atoms with Crippen LogP contribution in [0.15, 0.2) is 0 Å². The number of rotatable bonds is 4. The van der Waals surface area contributed by atoms with Gasteiger partial charge in [0, 0.05) is 0 Å². The fourth-order valence-corrected chi connectivity index (χ4v) is 1.19. The molecule has 11 heavy (non-hydrogen) atoms. The van der Waals surface area contributed by atoms with Crippen LogP contribution in [0.5, 0.6) is 0 Å². The van der Waals surface area contributed by atoms with Crippen LogP contribution in [0.2, 0.25) is 0 Å². The molecule has 1 fully saturated rings. The van der Waals surface area contributed by atoms with Crippen LogP contribution < -0.4 is 0 Å². The van der Waals surface area contributed by atoms with Crippen LogP contribution in [0.1, 0.15) is 46.5 Å². The summed E-state index contributed by atoms with van der Waals surface area (Å²) in [5, 5.41) is 0. The normalized spacial score (nSPS) is 16.6. The van der Waals surface area contributed by atoms with Crippen LogP contribution in [0.3, 0.4) is 0 Å². The zero-order chi connectivity index (χ0) is 8.53. The number of unbranched alkanes of at least 4 members (excludes halogenated alkanes) is 2. The minimum Gasteiger partial charge on any atom is -0.303 e. The Morgan fingerprint density at radius 2 is 1.73 bits per heavy atom. The van der Waals surface area contributed by atoms with Crippen LogP contribution in [0.4, 0.5) is 0 Å². The van der Waals surface area contributed by atoms with Gasteiger partial charge in [-0.25, -0.2) is 0 Å². The molecule has 0 bridgehead atoms. The van der Waals surface area contributed by atoms with Crippen molar-refractivity contribution >= 4 is 0 Å². The van der Waals surface area contributed by atoms with Crippen LogP contribution in [-0.4, -0.2) is 24.5 Å². The van der Waals surface area contributed by atoms with Crippen molar-refractivity contribution in [2.24, 2.45) is 0 Å². The van der Waals surface area contributed by atoms with Crippen LogP contribution >= 0.6 is 0 Å². The standard InChI is InChI=1S/C8H17N.C2H6/c1-2-3-4-6-9-7-5-8-9;1-2/h2-8H2,1H3;1-2H3. The maximum absolute atomic E-state index is 2.54. The van der Waals surface area contributed by atoms with Gasteiger partial charge in [0.2, 0.25) is 0 Å². The van der Waals surface area contributed by atoms with E-state index in [1.807, 2.05) is 13.8 Å². The lowest BCUT2D eigenvalue weighted by Crippen LogP contribution is -2.37. The van der Waals surface area contributed by atoms with Gasteiger partial charge in [0.1, 0.15) is 0 Å². The molecule has 1 heterocycles. The van der Waals surface area contributed by atoms with E-state index in [1.165, 1.54) is 45.3 Å². The molecule has 0 aromatic heterocycles. The van der Waals surface area contributed by atoms with Crippen LogP contribution in [-0.2, 0) is 0 Å². The topological polar surface area (TPSA) is 3.24 Å². The Kier molecular flexibility index (Phi) is 8.03. The molecule has 1 saturated heterocycles. The predicted molar refractivity (Wildman–Crippen MR) is 51.9 cm³/mol. The molecule has 0 amide bonds. The first-order valence-corrected chi connectivity index (χ1v) is 5.16. The molecule has 1 nitrogen and oxygen atoms in total. The van der Waals surface area contributed by atoms with Crippen LogP contribution in [0, 0.1) is 0 Å². The van der Waals surface area contributed by atoms with Gasteiger partial charge in [-0.05, 0) is 32.5 Å². The second-order valence-corrected chi connectivity index (χ2v) is 2.90. The van der Waals surface area contributed by atoms with Crippen molar-refractivity contribution in [1.29, 1.82) is 0 Å². The van der Waals surface area contributed by atoms with Gasteiger partial charge in [-0.2, -0.15) is 0 Å². The minimum atomic E-state index is 1.36. The Hall–Kier alpha value is -0.0400. The molecular weight excluding hydrogens is 134 g/mol. The van der Waals surface area contributed by atoms with E-state index in [2.05, 4.69) is 11.8 Å². The van der Waals surface area contributed by atoms with Gasteiger partial charge in [-0.3, -0.25) is 0 Å². The van der Waals surface area contributed by atoms with E-state index in [4.69, 9.17) is 0 Å². The van der Waals surface area contributed by atoms with Gasteiger partial charge >= 0.3 is 0 Å². The molecule has 1 heteroatoms. The van der Waals surface area contributed by atoms with Gasteiger partial charge in [-0.15, -0.1) is 0 Å². The average Bonchev–Trinajstić information content (AvgIpc) is 1.99. The molecule has 0 unspecified atom stereocenters. The molecule has 0 aliphatic carbocycles. The SMILES string of the molecule is CC.CCCCCN1CCC1. The summed E-state index contributed by atoms with van der Waals surface area (Å²) in [5.74, 6) is 0. The lowest BCUT2D eigenvalue weighted by molar-refractivity contribution is 0.178. The van der Waals surface area contributed by atoms with Crippen molar-refractivity contribution in [2.75, 3.05) is 19.6 Å². The third-order valence-corrected chi connectivity index (χ3v) is 2.03. The van der Waals surface area contributed by atoms with Gasteiger partial charge in [0.25, 0.3) is 0 Å². The summed E-state index contributed by atoms with van der Waals surface area (Å²) in [4.78, 5) is 2.54. The third kappa shape index (κ3) is 5.25. The second-order valence-electron chi connectivity index (χ2n) is 2.90. The Morgan fingerprint density at radius 3 is 2.09 bits per heavy atom. The maximum atomic E-state index is 2.54. The molecule has 0 aromatic carbocycles. The molecule has 0 spiro atoms. The van der Waals surface area contributed by atoms with Crippen molar-refractivity contribution in [3.05, 3.63) is 0 Å². The van der Waals surface area contributed by atoms with E-state index < -0.39 is 0 Å². The first kappa shape index (κ1) is 11.0. The number of nitrogens with zero attached hydrogens (tertiary/aromatic N) is 1. The highest BCUT2D eigenvalue weighted by molar-refractivity contribution is 4.67. The van der Waals surface area contributed by atoms with E-state index >= 15 is 0 Å². The lowest BCUT2D eigenvalue weighted by atomic mass is 10.2. The Labute approximate surface area is 71.8 Å². The summed E-state index contributed by atoms with van der Waals surface area (Å²) in [5.41, 5.74) is 0. The Morgan fingerprint density at radius 1 is 1.09 bits per heavy atom. The lowest BCUT2D eigenvalue weighted by Gasteiger charge is -2.30. The van der Waals surface area contributed by atoms with E-state index in [-0.39, 0.29) is 0 Å². The molecule has 1 rings (SSSR count). The fourth-order valence-electron chi connectivity index (χ4n) is 1.19. The molecule has 0 saturated carbocycles. The number of likely N-dealkylation sites (tertiary alicyclic amines) is 1. The van der Waals surface area contributed by atoms with Gasteiger partial charge in [-0.1, -0.05) is 33.6 Å². The van der Waals surface area contributed by atoms with E-state index in [1.54, 1.807) is 0 Å². The quantitative estimate of drug-likeness (QED) is 0.567. The molecule has 0 aromatic rings. The molecule has 0 atom stereocenters. The zero-order valence-electron chi connectivity index (χ0n) is 8.40. The molecular formula is C10H23N. The fraction of sp³-hybridized carbons (Fsp3) is 1.00. The third-order valence-electron chi connectivity index (χ3n) is 2.03. The van der Waals surface area contributed by atoms with Crippen molar-refractivity contribution in [3.63, 3.8) is 0 Å². The van der Waals surface area contributed by atoms with E-state index in [0.29, 0.717) is 0 Å². The largest absolute Gasteiger partial charge is 0.303 e. The predicted octanol–water partition coefficient (Wildman–Crippen LogP) is 2.91. The monoisotopic (exact) mass is 157 g/mol. The zero-order valence-corrected chi connectivity index (χ0v) is 8.40. The first-order valence-electron chi connectivity index (χ1n) is 5.16. The van der Waals surface area contributed by atoms with Gasteiger partial charge in [0.15, 0.2) is 0 Å². The number of hydrogen-bond acceptors (Lipinski definition) is 1.